The number of carboxylic acids is 1. The zero-order valence-corrected chi connectivity index (χ0v) is 19.2. The van der Waals surface area contributed by atoms with Gasteiger partial charge in [0.2, 0.25) is 5.91 Å². The molecule has 0 saturated carbocycles. The smallest absolute Gasteiger partial charge is 0.475 e. The number of nitrogens with zero attached hydrogens (tertiary/aromatic N) is 3. The van der Waals surface area contributed by atoms with Crippen LogP contribution in [0.4, 0.5) is 13.2 Å². The van der Waals surface area contributed by atoms with Crippen molar-refractivity contribution in [2.45, 2.75) is 44.4 Å². The van der Waals surface area contributed by atoms with Crippen molar-refractivity contribution in [3.8, 4) is 11.4 Å². The van der Waals surface area contributed by atoms with Crippen molar-refractivity contribution in [1.29, 1.82) is 0 Å². The molecule has 0 aliphatic carbocycles. The molecule has 0 spiro atoms. The van der Waals surface area contributed by atoms with E-state index in [2.05, 4.69) is 34.4 Å². The van der Waals surface area contributed by atoms with E-state index in [-0.39, 0.29) is 23.4 Å². The van der Waals surface area contributed by atoms with Crippen molar-refractivity contribution in [3.05, 3.63) is 47.8 Å². The summed E-state index contributed by atoms with van der Waals surface area (Å²) in [6, 6.07) is 7.99. The quantitative estimate of drug-likeness (QED) is 0.600. The fraction of sp³-hybridized carbons (Fsp3) is 0.435. The van der Waals surface area contributed by atoms with Crippen LogP contribution in [0.15, 0.2) is 36.7 Å². The molecule has 1 unspecified atom stereocenters. The second-order valence-electron chi connectivity index (χ2n) is 8.92. The maximum Gasteiger partial charge on any atom is 0.490 e. The number of aromatic nitrogens is 2. The Morgan fingerprint density at radius 3 is 2.23 bits per heavy atom. The minimum absolute atomic E-state index is 0.0338. The van der Waals surface area contributed by atoms with Gasteiger partial charge in [-0.2, -0.15) is 13.2 Å². The molecule has 1 aromatic heterocycles. The van der Waals surface area contributed by atoms with Gasteiger partial charge in [-0.1, -0.05) is 24.3 Å². The maximum atomic E-state index is 12.7. The van der Waals surface area contributed by atoms with Crippen molar-refractivity contribution in [3.63, 3.8) is 0 Å². The Balaban J connectivity index is 0.000000429. The van der Waals surface area contributed by atoms with E-state index in [4.69, 9.17) is 9.90 Å². The number of alkyl halides is 3. The Hall–Kier alpha value is -3.54. The van der Waals surface area contributed by atoms with Gasteiger partial charge in [0.25, 0.3) is 5.91 Å². The third-order valence-electron chi connectivity index (χ3n) is 5.57. The fourth-order valence-electron chi connectivity index (χ4n) is 3.81. The molecule has 12 heteroatoms. The molecule has 35 heavy (non-hydrogen) atoms. The van der Waals surface area contributed by atoms with Gasteiger partial charge in [0.1, 0.15) is 0 Å². The van der Waals surface area contributed by atoms with Crippen LogP contribution in [0.2, 0.25) is 0 Å². The highest BCUT2D eigenvalue weighted by Crippen LogP contribution is 2.25. The lowest BCUT2D eigenvalue weighted by Crippen LogP contribution is -2.58. The molecule has 3 heterocycles. The molecular formula is C23H26F3N5O4. The number of rotatable bonds is 3. The Morgan fingerprint density at radius 1 is 1.14 bits per heavy atom. The van der Waals surface area contributed by atoms with Crippen molar-refractivity contribution in [2.75, 3.05) is 19.6 Å². The number of amides is 2. The van der Waals surface area contributed by atoms with Gasteiger partial charge >= 0.3 is 12.1 Å². The van der Waals surface area contributed by atoms with E-state index in [1.165, 1.54) is 0 Å². The van der Waals surface area contributed by atoms with Crippen LogP contribution in [0.3, 0.4) is 0 Å². The minimum atomic E-state index is -5.08. The Kier molecular flexibility index (Phi) is 7.73. The summed E-state index contributed by atoms with van der Waals surface area (Å²) in [7, 11) is 0. The SMILES string of the molecule is CC1(C)CN(C(=O)c2cnc(-c3ccc(C4CCC(=O)N4)cc3)nc2)CCN1.O=C(O)C(F)(F)F. The van der Waals surface area contributed by atoms with Gasteiger partial charge in [0.15, 0.2) is 5.82 Å². The molecule has 2 aromatic rings. The largest absolute Gasteiger partial charge is 0.490 e. The van der Waals surface area contributed by atoms with Crippen molar-refractivity contribution >= 4 is 17.8 Å². The first-order valence-electron chi connectivity index (χ1n) is 10.9. The van der Waals surface area contributed by atoms with E-state index in [0.717, 1.165) is 24.1 Å². The number of nitrogens with one attached hydrogen (secondary N) is 2. The van der Waals surface area contributed by atoms with Crippen molar-refractivity contribution in [2.24, 2.45) is 0 Å². The highest BCUT2D eigenvalue weighted by atomic mass is 19.4. The fourth-order valence-corrected chi connectivity index (χ4v) is 3.81. The lowest BCUT2D eigenvalue weighted by atomic mass is 10.0. The Morgan fingerprint density at radius 2 is 1.74 bits per heavy atom. The second kappa shape index (κ2) is 10.4. The molecule has 2 aliphatic heterocycles. The zero-order chi connectivity index (χ0) is 25.8. The van der Waals surface area contributed by atoms with E-state index < -0.39 is 12.1 Å². The highest BCUT2D eigenvalue weighted by molar-refractivity contribution is 5.94. The van der Waals surface area contributed by atoms with Gasteiger partial charge in [-0.05, 0) is 25.8 Å². The van der Waals surface area contributed by atoms with Gasteiger partial charge in [-0.25, -0.2) is 14.8 Å². The monoisotopic (exact) mass is 493 g/mol. The molecule has 0 radical (unpaired) electrons. The number of hydrogen-bond donors (Lipinski definition) is 3. The van der Waals surface area contributed by atoms with Crippen LogP contribution in [-0.4, -0.2) is 69.1 Å². The summed E-state index contributed by atoms with van der Waals surface area (Å²) in [5.41, 5.74) is 2.39. The average Bonchev–Trinajstić information content (AvgIpc) is 3.24. The predicted octanol–water partition coefficient (Wildman–Crippen LogP) is 2.55. The van der Waals surface area contributed by atoms with Crippen LogP contribution in [0.5, 0.6) is 0 Å². The third kappa shape index (κ3) is 6.98. The van der Waals surface area contributed by atoms with E-state index in [1.807, 2.05) is 29.2 Å². The summed E-state index contributed by atoms with van der Waals surface area (Å²) >= 11 is 0. The molecule has 1 atom stereocenters. The third-order valence-corrected chi connectivity index (χ3v) is 5.57. The predicted molar refractivity (Wildman–Crippen MR) is 119 cm³/mol. The highest BCUT2D eigenvalue weighted by Gasteiger charge is 2.38. The molecule has 2 amide bonds. The van der Waals surface area contributed by atoms with Crippen LogP contribution in [-0.2, 0) is 9.59 Å². The van der Waals surface area contributed by atoms with Crippen LogP contribution in [0, 0.1) is 0 Å². The van der Waals surface area contributed by atoms with Crippen LogP contribution < -0.4 is 10.6 Å². The molecule has 188 valence electrons. The molecule has 3 N–H and O–H groups in total. The minimum Gasteiger partial charge on any atom is -0.475 e. The van der Waals surface area contributed by atoms with Crippen LogP contribution in [0.25, 0.3) is 11.4 Å². The first-order valence-corrected chi connectivity index (χ1v) is 10.9. The summed E-state index contributed by atoms with van der Waals surface area (Å²) < 4.78 is 31.7. The lowest BCUT2D eigenvalue weighted by Gasteiger charge is -2.39. The Labute approximate surface area is 199 Å². The van der Waals surface area contributed by atoms with Gasteiger partial charge in [0, 0.05) is 49.6 Å². The molecular weight excluding hydrogens is 467 g/mol. The van der Waals surface area contributed by atoms with E-state index in [1.54, 1.807) is 12.4 Å². The topological polar surface area (TPSA) is 125 Å². The summed E-state index contributed by atoms with van der Waals surface area (Å²) in [5, 5.41) is 13.5. The van der Waals surface area contributed by atoms with E-state index >= 15 is 0 Å². The molecule has 0 bridgehead atoms. The summed E-state index contributed by atoms with van der Waals surface area (Å²) in [6.45, 7) is 6.31. The standard InChI is InChI=1S/C21H25N5O2.C2HF3O2/c1-21(2)13-26(10-9-24-21)20(28)16-11-22-19(23-12-16)15-5-3-14(4-6-15)17-7-8-18(27)25-17;3-2(4,5)1(6)7/h3-6,11-12,17,24H,7-10,13H2,1-2H3,(H,25,27);(H,6,7). The maximum absolute atomic E-state index is 12.7. The second-order valence-corrected chi connectivity index (χ2v) is 8.92. The molecule has 2 fully saturated rings. The lowest BCUT2D eigenvalue weighted by molar-refractivity contribution is -0.192. The summed E-state index contributed by atoms with van der Waals surface area (Å²) in [6.07, 6.45) is -0.473. The van der Waals surface area contributed by atoms with Gasteiger partial charge in [-0.15, -0.1) is 0 Å². The average molecular weight is 493 g/mol. The summed E-state index contributed by atoms with van der Waals surface area (Å²) in [4.78, 5) is 43.7. The number of carboxylic acid groups (broad SMARTS) is 1. The van der Waals surface area contributed by atoms with Gasteiger partial charge in [0.05, 0.1) is 11.6 Å². The number of carbonyl (C=O) groups is 3. The molecule has 2 saturated heterocycles. The van der Waals surface area contributed by atoms with E-state index in [0.29, 0.717) is 30.9 Å². The van der Waals surface area contributed by atoms with E-state index in [9.17, 15) is 22.8 Å². The molecule has 2 aliphatic rings. The normalized spacial score (nSPS) is 19.4. The van der Waals surface area contributed by atoms with Crippen molar-refractivity contribution < 1.29 is 32.7 Å². The number of aliphatic carboxylic acids is 1. The molecule has 9 nitrogen and oxygen atoms in total. The van der Waals surface area contributed by atoms with Gasteiger partial charge in [-0.3, -0.25) is 9.59 Å². The Bertz CT molecular complexity index is 1070. The van der Waals surface area contributed by atoms with Gasteiger partial charge < -0.3 is 20.6 Å². The van der Waals surface area contributed by atoms with Crippen LogP contribution in [0.1, 0.15) is 48.7 Å². The van der Waals surface area contributed by atoms with Crippen molar-refractivity contribution in [1.82, 2.24) is 25.5 Å². The zero-order valence-electron chi connectivity index (χ0n) is 19.2. The summed E-state index contributed by atoms with van der Waals surface area (Å²) in [5.74, 6) is -2.11. The first-order chi connectivity index (χ1) is 16.4. The number of piperazine rings is 1. The molecule has 4 rings (SSSR count). The number of hydrogen-bond acceptors (Lipinski definition) is 6. The first kappa shape index (κ1) is 26.1. The number of carbonyl (C=O) groups excluding carboxylic acids is 2. The van der Waals surface area contributed by atoms with Crippen LogP contribution >= 0.6 is 0 Å². The number of halogens is 3. The number of benzene rings is 1. The molecule has 1 aromatic carbocycles.